The highest BCUT2D eigenvalue weighted by Crippen LogP contribution is 2.20. The molecular weight excluding hydrogens is 263 g/mol. The molecule has 0 spiro atoms. The predicted octanol–water partition coefficient (Wildman–Crippen LogP) is 1.77. The molecule has 0 fully saturated rings. The average molecular weight is 279 g/mol. The van der Waals surface area contributed by atoms with E-state index in [1.165, 1.54) is 0 Å². The Labute approximate surface area is 111 Å². The summed E-state index contributed by atoms with van der Waals surface area (Å²) < 4.78 is 5.42. The third-order valence-corrected chi connectivity index (χ3v) is 2.43. The maximum Gasteiger partial charge on any atom is 0.174 e. The lowest BCUT2D eigenvalue weighted by Gasteiger charge is -2.11. The molecule has 0 bridgehead atoms. The third-order valence-electron chi connectivity index (χ3n) is 1.96. The molecule has 0 saturated heterocycles. The van der Waals surface area contributed by atoms with Gasteiger partial charge in [0.2, 0.25) is 0 Å². The number of nitrogens with zero attached hydrogens (tertiary/aromatic N) is 3. The van der Waals surface area contributed by atoms with E-state index in [1.54, 1.807) is 6.07 Å². The minimum atomic E-state index is 0.308. The van der Waals surface area contributed by atoms with Crippen LogP contribution in [0.4, 0.5) is 5.69 Å². The lowest BCUT2D eigenvalue weighted by molar-refractivity contribution is 0.126. The molecule has 1 N–H and O–H groups in total. The molecule has 1 aromatic rings. The lowest BCUT2D eigenvalue weighted by Crippen LogP contribution is -2.20. The van der Waals surface area contributed by atoms with Gasteiger partial charge < -0.3 is 15.0 Å². The standard InChI is InChI=1S/C10H16Cl2N4O/c1-16(2)4-6-17-5-3-13-8-7-9(11)14-15-10(8)12/h7H,3-6H2,1-2H3,(H,13,14). The Bertz CT molecular complexity index is 349. The van der Waals surface area contributed by atoms with Gasteiger partial charge in [-0.15, -0.1) is 10.2 Å². The quantitative estimate of drug-likeness (QED) is 0.771. The Morgan fingerprint density at radius 2 is 2.06 bits per heavy atom. The summed E-state index contributed by atoms with van der Waals surface area (Å²) in [6, 6.07) is 1.64. The summed E-state index contributed by atoms with van der Waals surface area (Å²) in [6.45, 7) is 2.86. The van der Waals surface area contributed by atoms with Crippen molar-refractivity contribution in [3.63, 3.8) is 0 Å². The van der Waals surface area contributed by atoms with Crippen molar-refractivity contribution in [1.82, 2.24) is 15.1 Å². The van der Waals surface area contributed by atoms with Crippen LogP contribution < -0.4 is 5.32 Å². The molecule has 0 unspecified atom stereocenters. The summed E-state index contributed by atoms with van der Waals surface area (Å²) in [6.07, 6.45) is 0. The molecule has 5 nitrogen and oxygen atoms in total. The highest BCUT2D eigenvalue weighted by Gasteiger charge is 2.02. The summed E-state index contributed by atoms with van der Waals surface area (Å²) in [4.78, 5) is 2.07. The Morgan fingerprint density at radius 1 is 1.29 bits per heavy atom. The van der Waals surface area contributed by atoms with Gasteiger partial charge >= 0.3 is 0 Å². The van der Waals surface area contributed by atoms with Gasteiger partial charge in [-0.05, 0) is 14.1 Å². The number of halogens is 2. The van der Waals surface area contributed by atoms with Crippen molar-refractivity contribution in [2.75, 3.05) is 45.7 Å². The van der Waals surface area contributed by atoms with Gasteiger partial charge in [0, 0.05) is 19.2 Å². The number of aromatic nitrogens is 2. The molecule has 0 aliphatic carbocycles. The molecule has 0 amide bonds. The monoisotopic (exact) mass is 278 g/mol. The summed E-state index contributed by atoms with van der Waals surface area (Å²) in [5.74, 6) is 0. The van der Waals surface area contributed by atoms with Crippen LogP contribution in [0.15, 0.2) is 6.07 Å². The molecule has 96 valence electrons. The molecule has 1 aromatic heterocycles. The number of nitrogens with one attached hydrogen (secondary N) is 1. The van der Waals surface area contributed by atoms with Crippen LogP contribution in [0.3, 0.4) is 0 Å². The molecule has 0 aliphatic heterocycles. The van der Waals surface area contributed by atoms with E-state index in [0.29, 0.717) is 35.8 Å². The fourth-order valence-corrected chi connectivity index (χ4v) is 1.39. The molecule has 7 heteroatoms. The highest BCUT2D eigenvalue weighted by atomic mass is 35.5. The Morgan fingerprint density at radius 3 is 2.76 bits per heavy atom. The van der Waals surface area contributed by atoms with Crippen LogP contribution in [0.1, 0.15) is 0 Å². The fourth-order valence-electron chi connectivity index (χ4n) is 1.08. The Kier molecular flexibility index (Phi) is 6.50. The zero-order chi connectivity index (χ0) is 12.7. The van der Waals surface area contributed by atoms with E-state index in [4.69, 9.17) is 27.9 Å². The number of likely N-dealkylation sites (N-methyl/N-ethyl adjacent to an activating group) is 1. The zero-order valence-electron chi connectivity index (χ0n) is 9.91. The van der Waals surface area contributed by atoms with Crippen molar-refractivity contribution in [3.05, 3.63) is 16.4 Å². The first kappa shape index (κ1) is 14.4. The third kappa shape index (κ3) is 6.02. The summed E-state index contributed by atoms with van der Waals surface area (Å²) in [5, 5.41) is 11.0. The average Bonchev–Trinajstić information content (AvgIpc) is 2.27. The molecule has 0 atom stereocenters. The van der Waals surface area contributed by atoms with E-state index >= 15 is 0 Å². The summed E-state index contributed by atoms with van der Waals surface area (Å²) >= 11 is 11.5. The summed E-state index contributed by atoms with van der Waals surface area (Å²) in [5.41, 5.74) is 0.669. The second-order valence-corrected chi connectivity index (χ2v) is 4.46. The maximum atomic E-state index is 5.84. The predicted molar refractivity (Wildman–Crippen MR) is 69.9 cm³/mol. The van der Waals surface area contributed by atoms with E-state index in [0.717, 1.165) is 6.54 Å². The van der Waals surface area contributed by atoms with Crippen LogP contribution >= 0.6 is 23.2 Å². The smallest absolute Gasteiger partial charge is 0.174 e. The number of ether oxygens (including phenoxy) is 1. The first-order valence-electron chi connectivity index (χ1n) is 5.24. The van der Waals surface area contributed by atoms with Crippen molar-refractivity contribution >= 4 is 28.9 Å². The lowest BCUT2D eigenvalue weighted by atomic mass is 10.4. The van der Waals surface area contributed by atoms with E-state index in [1.807, 2.05) is 14.1 Å². The zero-order valence-corrected chi connectivity index (χ0v) is 11.4. The molecule has 1 rings (SSSR count). The minimum absolute atomic E-state index is 0.308. The van der Waals surface area contributed by atoms with Crippen LogP contribution in [0.2, 0.25) is 10.3 Å². The molecule has 0 radical (unpaired) electrons. The number of anilines is 1. The van der Waals surface area contributed by atoms with Gasteiger partial charge in [-0.2, -0.15) is 0 Å². The molecule has 1 heterocycles. The van der Waals surface area contributed by atoms with Crippen molar-refractivity contribution in [3.8, 4) is 0 Å². The Hall–Kier alpha value is -0.620. The fraction of sp³-hybridized carbons (Fsp3) is 0.600. The number of rotatable bonds is 7. The number of hydrogen-bond acceptors (Lipinski definition) is 5. The molecule has 0 aromatic carbocycles. The van der Waals surface area contributed by atoms with Gasteiger partial charge in [-0.3, -0.25) is 0 Å². The minimum Gasteiger partial charge on any atom is -0.380 e. The first-order valence-corrected chi connectivity index (χ1v) is 6.00. The summed E-state index contributed by atoms with van der Waals surface area (Å²) in [7, 11) is 4.01. The topological polar surface area (TPSA) is 50.3 Å². The number of hydrogen-bond donors (Lipinski definition) is 1. The van der Waals surface area contributed by atoms with E-state index in [2.05, 4.69) is 20.4 Å². The van der Waals surface area contributed by atoms with Crippen LogP contribution in [-0.4, -0.2) is 55.5 Å². The highest BCUT2D eigenvalue weighted by molar-refractivity contribution is 6.33. The van der Waals surface area contributed by atoms with Gasteiger partial charge in [-0.1, -0.05) is 23.2 Å². The van der Waals surface area contributed by atoms with Gasteiger partial charge in [0.15, 0.2) is 10.3 Å². The molecule has 0 saturated carbocycles. The SMILES string of the molecule is CN(C)CCOCCNc1cc(Cl)nnc1Cl. The van der Waals surface area contributed by atoms with E-state index in [-0.39, 0.29) is 0 Å². The van der Waals surface area contributed by atoms with Crippen molar-refractivity contribution < 1.29 is 4.74 Å². The van der Waals surface area contributed by atoms with Crippen LogP contribution in [0, 0.1) is 0 Å². The normalized spacial score (nSPS) is 10.9. The van der Waals surface area contributed by atoms with Crippen LogP contribution in [-0.2, 0) is 4.74 Å². The van der Waals surface area contributed by atoms with Crippen LogP contribution in [0.5, 0.6) is 0 Å². The van der Waals surface area contributed by atoms with Gasteiger partial charge in [0.25, 0.3) is 0 Å². The molecule has 0 aliphatic rings. The van der Waals surface area contributed by atoms with Crippen LogP contribution in [0.25, 0.3) is 0 Å². The second-order valence-electron chi connectivity index (χ2n) is 3.71. The van der Waals surface area contributed by atoms with Gasteiger partial charge in [0.1, 0.15) is 0 Å². The van der Waals surface area contributed by atoms with Crippen molar-refractivity contribution in [2.45, 2.75) is 0 Å². The van der Waals surface area contributed by atoms with E-state index in [9.17, 15) is 0 Å². The maximum absolute atomic E-state index is 5.84. The largest absolute Gasteiger partial charge is 0.380 e. The van der Waals surface area contributed by atoms with Crippen molar-refractivity contribution in [1.29, 1.82) is 0 Å². The molecule has 17 heavy (non-hydrogen) atoms. The van der Waals surface area contributed by atoms with E-state index < -0.39 is 0 Å². The molecular formula is C10H16Cl2N4O. The second kappa shape index (κ2) is 7.66. The Balaban J connectivity index is 2.20. The van der Waals surface area contributed by atoms with Gasteiger partial charge in [0.05, 0.1) is 18.9 Å². The van der Waals surface area contributed by atoms with Gasteiger partial charge in [-0.25, -0.2) is 0 Å². The van der Waals surface area contributed by atoms with Crippen molar-refractivity contribution in [2.24, 2.45) is 0 Å². The first-order chi connectivity index (χ1) is 8.09.